The number of aromatic amines is 1. The van der Waals surface area contributed by atoms with Gasteiger partial charge in [-0.05, 0) is 139 Å². The fourth-order valence-corrected chi connectivity index (χ4v) is 19.4. The molecule has 36 heteroatoms. The lowest BCUT2D eigenvalue weighted by Gasteiger charge is -2.49. The van der Waals surface area contributed by atoms with E-state index in [1.54, 1.807) is 34.6 Å². The Balaban J connectivity index is 0.000000230. The monoisotopic (exact) mass is 1900 g/mol. The number of nitrogens with one attached hydrogen (secondary N) is 5. The van der Waals surface area contributed by atoms with Crippen LogP contribution in [0, 0.1) is 25.5 Å². The molecule has 2 aromatic carbocycles. The Hall–Kier alpha value is -7.92. The third kappa shape index (κ3) is 28.7. The van der Waals surface area contributed by atoms with Crippen LogP contribution in [0.15, 0.2) is 85.2 Å². The summed E-state index contributed by atoms with van der Waals surface area (Å²) in [5.74, 6) is 0.148. The molecule has 12 aliphatic rings. The smallest absolute Gasteiger partial charge is 0.435 e. The third-order valence-corrected chi connectivity index (χ3v) is 28.1. The Kier molecular flexibility index (Phi) is 38.2. The number of H-pyrrole nitrogens is 1. The minimum atomic E-state index is -0.923. The molecule has 0 unspecified atom stereocenters. The van der Waals surface area contributed by atoms with Gasteiger partial charge >= 0.3 is 17.5 Å². The van der Waals surface area contributed by atoms with Crippen LogP contribution in [0.25, 0.3) is 0 Å². The van der Waals surface area contributed by atoms with Crippen molar-refractivity contribution in [2.75, 3.05) is 162 Å². The van der Waals surface area contributed by atoms with Crippen LogP contribution in [0.5, 0.6) is 0 Å². The van der Waals surface area contributed by atoms with E-state index in [9.17, 15) is 38.5 Å². The molecule has 10 fully saturated rings. The quantitative estimate of drug-likeness (QED) is 0.0205. The Labute approximate surface area is 803 Å². The van der Waals surface area contributed by atoms with Gasteiger partial charge in [0.05, 0.1) is 96.8 Å². The molecule has 12 aliphatic heterocycles. The molecule has 6 aromatic rings. The fourth-order valence-electron chi connectivity index (χ4n) is 19.1. The number of epoxide rings is 1. The summed E-state index contributed by atoms with van der Waals surface area (Å²) in [6.07, 6.45) is 10.2. The van der Waals surface area contributed by atoms with Crippen LogP contribution < -0.4 is 21.3 Å². The maximum Gasteiger partial charge on any atom is 0.435 e. The zero-order chi connectivity index (χ0) is 95.6. The number of halogens is 3. The van der Waals surface area contributed by atoms with Crippen LogP contribution in [0.3, 0.4) is 0 Å². The van der Waals surface area contributed by atoms with E-state index in [0.717, 1.165) is 178 Å². The molecule has 18 rings (SSSR count). The second kappa shape index (κ2) is 48.1. The minimum absolute atomic E-state index is 0. The molecule has 16 heterocycles. The van der Waals surface area contributed by atoms with Gasteiger partial charge < -0.3 is 84.4 Å². The lowest BCUT2D eigenvalue weighted by Crippen LogP contribution is -2.63. The molecule has 134 heavy (non-hydrogen) atoms. The van der Waals surface area contributed by atoms with Crippen molar-refractivity contribution in [3.8, 4) is 0 Å². The molecule has 10 saturated heterocycles. The highest BCUT2D eigenvalue weighted by atomic mass is 35.5. The summed E-state index contributed by atoms with van der Waals surface area (Å²) in [7, 11) is 0. The lowest BCUT2D eigenvalue weighted by molar-refractivity contribution is -0.0958. The van der Waals surface area contributed by atoms with Crippen molar-refractivity contribution in [2.45, 2.75) is 283 Å². The predicted molar refractivity (Wildman–Crippen MR) is 522 cm³/mol. The summed E-state index contributed by atoms with van der Waals surface area (Å²) < 4.78 is 66.1. The number of amides is 3. The standard InChI is InChI=1S/C25H37FN8O3.C19H30N2O2.C16H18ClFN6O3.C13H20N2.C12H24N2O2.C6H10O2.C6H10O.CH4.4H2/c1-15-12-33(16(2)11-32(15)14-25(36)6-8-37-9-7-25)23(35)34-13-18-20(24(34,4)5)30-31-21(18)29-22-19(26)10-27-17(3)28-22;1-16-13-21(15-19(22)8-10-23-11-9-19)17(2)12-20(16)14-18-6-4-3-5-7-18;1-5-27-15(26)24-11-9(7-23(14(17)25)16(11,3)4)12(22-24)21-13-10(18)6-19-8(2)20-13;1-11-9-15(12(2)8-14-11)10-13-6-4-3-5-7-13;1-10-8-14(11(2)7-13-10)9-12(15)3-5-16-6-4-12;1-3-7-4-2-6(1)5-8-6;1-6-2-4-7-5-3-6;;;;;/h10,15-16,36H,6-9,11-14H2,1-5H3,(H2,27,28,29,30,31);3-7,16-17,22H,8-15H2,1-2H3;6H,5,7H2,1-4H3,(H,19,20,21,22);3-7,11-12,14H,8-10H2,1-2H3;10-11,13,15H,3-9H2,1-2H3;1-5H2;1-5H2;1H4;4*1H/t15-,16+;16-,17+;;11-,12+;10-,11+;;;;;;;/m10.10......./s1. The molecule has 1 spiro atoms. The first-order valence-electron chi connectivity index (χ1n) is 47.9. The molecule has 33 nitrogen and oxygen atoms in total. The predicted octanol–water partition coefficient (Wildman–Crippen LogP) is 13.5. The molecule has 0 radical (unpaired) electrons. The van der Waals surface area contributed by atoms with E-state index in [-0.39, 0.29) is 61.9 Å². The molecule has 0 aliphatic carbocycles. The average molecular weight is 1900 g/mol. The van der Waals surface area contributed by atoms with Crippen molar-refractivity contribution >= 4 is 52.4 Å². The topological polar surface area (TPSA) is 352 Å². The van der Waals surface area contributed by atoms with E-state index in [4.69, 9.17) is 44.8 Å². The summed E-state index contributed by atoms with van der Waals surface area (Å²) >= 11 is 5.71. The Morgan fingerprint density at radius 1 is 0.545 bits per heavy atom. The number of aromatic nitrogens is 8. The van der Waals surface area contributed by atoms with Gasteiger partial charge in [0.15, 0.2) is 34.9 Å². The van der Waals surface area contributed by atoms with Crippen molar-refractivity contribution in [3.63, 3.8) is 0 Å². The number of fused-ring (bicyclic) bond motifs is 2. The molecule has 0 saturated carbocycles. The summed E-state index contributed by atoms with van der Waals surface area (Å²) in [4.78, 5) is 71.3. The first-order valence-corrected chi connectivity index (χ1v) is 48.3. The number of rotatable bonds is 15. The first-order chi connectivity index (χ1) is 63.4. The maximum absolute atomic E-state index is 14.3. The molecule has 8 N–H and O–H groups in total. The molecular weight excluding hydrogens is 1740 g/mol. The summed E-state index contributed by atoms with van der Waals surface area (Å²) in [6, 6.07) is 24.8. The summed E-state index contributed by atoms with van der Waals surface area (Å²) in [5, 5.41) is 56.0. The number of aryl methyl sites for hydroxylation is 2. The number of urea groups is 1. The van der Waals surface area contributed by atoms with Crippen molar-refractivity contribution in [3.05, 3.63) is 142 Å². The van der Waals surface area contributed by atoms with E-state index < -0.39 is 51.0 Å². The van der Waals surface area contributed by atoms with Gasteiger partial charge in [-0.2, -0.15) is 9.78 Å². The number of benzene rings is 2. The number of hydrogen-bond acceptors (Lipinski definition) is 28. The zero-order valence-electron chi connectivity index (χ0n) is 81.2. The number of aliphatic hydroxyl groups is 3. The second-order valence-corrected chi connectivity index (χ2v) is 39.8. The zero-order valence-corrected chi connectivity index (χ0v) is 81.9. The number of piperazine rings is 4. The normalized spacial score (nSPS) is 25.6. The second-order valence-electron chi connectivity index (χ2n) is 39.5. The number of carbonyl (C=O) groups is 3. The number of hydrogen-bond donors (Lipinski definition) is 8. The van der Waals surface area contributed by atoms with Gasteiger partial charge in [0.2, 0.25) is 0 Å². The fraction of sp³-hybridized carbons (Fsp3) is 0.684. The molecule has 3 amide bonds. The van der Waals surface area contributed by atoms with Crippen molar-refractivity contribution in [1.29, 1.82) is 0 Å². The Morgan fingerprint density at radius 2 is 0.955 bits per heavy atom. The van der Waals surface area contributed by atoms with E-state index in [1.165, 1.54) is 21.6 Å². The molecule has 0 bridgehead atoms. The first kappa shape index (κ1) is 107. The molecule has 8 atom stereocenters. The Morgan fingerprint density at radius 3 is 1.41 bits per heavy atom. The average Bonchev–Trinajstić information content (AvgIpc) is 1.58. The van der Waals surface area contributed by atoms with Gasteiger partial charge in [0, 0.05) is 254 Å². The van der Waals surface area contributed by atoms with Crippen LogP contribution in [0.1, 0.15) is 213 Å². The van der Waals surface area contributed by atoms with Crippen molar-refractivity contribution < 1.29 is 77.3 Å². The summed E-state index contributed by atoms with van der Waals surface area (Å²) in [6.45, 7) is 55.0. The van der Waals surface area contributed by atoms with E-state index in [1.807, 2.05) is 23.6 Å². The SMILES string of the molecule is C.C1CC2(CCO1)CO2.C=C1CCOCC1.CCOC(=O)n1nc(Nc2nc(C)ncc2F)c2c1C(C)(C)N(C(=O)Cl)C2.C[C@@H]1CN(Cc2ccccc2)[C@@H](C)CN1.C[C@@H]1CN(Cc2ccccc2)[C@@H](C)CN1CC1(O)CCOCC1.C[C@@H]1CN[C@@H](C)CN1CC1(O)CCOCC1.Cc1ncc(F)c(Nc2n[nH]c3c2CN(C(=O)N2C[C@@H](C)N(CC4(O)CCOCC4)C[C@@H]2C)C3(C)C)n1.[HH].[HH].[HH].[HH]. The molecule has 752 valence electrons. The van der Waals surface area contributed by atoms with Gasteiger partial charge in [-0.15, -0.1) is 5.10 Å². The van der Waals surface area contributed by atoms with Gasteiger partial charge in [-0.1, -0.05) is 80.2 Å². The number of anilines is 4. The van der Waals surface area contributed by atoms with Crippen LogP contribution >= 0.6 is 11.6 Å². The van der Waals surface area contributed by atoms with Gasteiger partial charge in [-0.25, -0.2) is 38.3 Å². The van der Waals surface area contributed by atoms with Crippen LogP contribution in [0.2, 0.25) is 0 Å². The van der Waals surface area contributed by atoms with Gasteiger partial charge in [-0.3, -0.25) is 34.4 Å². The van der Waals surface area contributed by atoms with Crippen molar-refractivity contribution in [1.82, 2.24) is 89.7 Å². The van der Waals surface area contributed by atoms with E-state index >= 15 is 0 Å². The van der Waals surface area contributed by atoms with Crippen LogP contribution in [0.4, 0.5) is 46.4 Å². The molecule has 4 aromatic heterocycles. The largest absolute Gasteiger partial charge is 0.448 e. The van der Waals surface area contributed by atoms with Crippen LogP contribution in [-0.4, -0.2) is 334 Å². The highest BCUT2D eigenvalue weighted by molar-refractivity contribution is 6.62. The van der Waals surface area contributed by atoms with Crippen molar-refractivity contribution in [2.24, 2.45) is 0 Å². The number of ether oxygens (including phenoxy) is 7. The van der Waals surface area contributed by atoms with Gasteiger partial charge in [0.1, 0.15) is 11.6 Å². The third-order valence-electron chi connectivity index (χ3n) is 27.9. The molecular formula is C98H161ClF2N20O13. The van der Waals surface area contributed by atoms with Crippen LogP contribution in [-0.2, 0) is 70.4 Å². The highest BCUT2D eigenvalue weighted by Crippen LogP contribution is 2.46. The number of β-amino-alcohol motifs (C(OH)–C–C–N with tert-alkyl or cyclic N) is 3. The Bertz CT molecular complexity index is 4740. The lowest BCUT2D eigenvalue weighted by atomic mass is 9.92. The minimum Gasteiger partial charge on any atom is -0.448 e. The number of nitrogens with zero attached hydrogens (tertiary/aromatic N) is 15. The number of carbonyl (C=O) groups excluding carboxylic acids is 3. The summed E-state index contributed by atoms with van der Waals surface area (Å²) in [5.41, 5.74) is 3.65. The van der Waals surface area contributed by atoms with Gasteiger partial charge in [0.25, 0.3) is 0 Å². The van der Waals surface area contributed by atoms with E-state index in [0.29, 0.717) is 149 Å². The maximum atomic E-state index is 14.3. The highest BCUT2D eigenvalue weighted by Gasteiger charge is 2.51. The van der Waals surface area contributed by atoms with E-state index in [2.05, 4.69) is 204 Å².